The highest BCUT2D eigenvalue weighted by Crippen LogP contribution is 2.25. The van der Waals surface area contributed by atoms with Gasteiger partial charge in [-0.15, -0.1) is 0 Å². The molecule has 0 fully saturated rings. The van der Waals surface area contributed by atoms with Crippen molar-refractivity contribution in [2.75, 3.05) is 18.5 Å². The minimum absolute atomic E-state index is 0.0832. The highest BCUT2D eigenvalue weighted by atomic mass is 32.2. The summed E-state index contributed by atoms with van der Waals surface area (Å²) in [6.07, 6.45) is 0.329. The van der Waals surface area contributed by atoms with Crippen LogP contribution in [0, 0.1) is 0 Å². The van der Waals surface area contributed by atoms with E-state index in [-0.39, 0.29) is 16.1 Å². The number of sulfonamides is 1. The lowest BCUT2D eigenvalue weighted by Gasteiger charge is -2.31. The first-order valence-electron chi connectivity index (χ1n) is 6.09. The summed E-state index contributed by atoms with van der Waals surface area (Å²) in [5.74, 6) is -1.36. The molecule has 0 atom stereocenters. The quantitative estimate of drug-likeness (QED) is 0.458. The number of carbonyl (C=O) groups is 1. The first-order valence-corrected chi connectivity index (χ1v) is 7.64. The van der Waals surface area contributed by atoms with Gasteiger partial charge in [0.15, 0.2) is 0 Å². The lowest BCUT2D eigenvalue weighted by Crippen LogP contribution is -2.45. The number of hydrogen-bond donors (Lipinski definition) is 5. The number of hydrogen-bond acceptors (Lipinski definition) is 6. The van der Waals surface area contributed by atoms with Gasteiger partial charge in [-0.1, -0.05) is 6.92 Å². The summed E-state index contributed by atoms with van der Waals surface area (Å²) in [5, 5.41) is 35.6. The van der Waals surface area contributed by atoms with Crippen LogP contribution in [-0.4, -0.2) is 48.5 Å². The molecular weight excluding hydrogens is 300 g/mol. The van der Waals surface area contributed by atoms with Gasteiger partial charge in [0.1, 0.15) is 0 Å². The molecule has 0 radical (unpaired) electrons. The van der Waals surface area contributed by atoms with Crippen molar-refractivity contribution >= 4 is 21.7 Å². The summed E-state index contributed by atoms with van der Waals surface area (Å²) >= 11 is 0. The normalized spacial score (nSPS) is 12.2. The van der Waals surface area contributed by atoms with Crippen LogP contribution >= 0.6 is 0 Å². The van der Waals surface area contributed by atoms with Crippen LogP contribution in [0.15, 0.2) is 23.1 Å². The number of rotatable bonds is 7. The number of aliphatic hydroxyl groups excluding tert-OH is 2. The summed E-state index contributed by atoms with van der Waals surface area (Å²) in [6, 6.07) is 3.31. The Morgan fingerprint density at radius 2 is 1.90 bits per heavy atom. The predicted molar refractivity (Wildman–Crippen MR) is 75.6 cm³/mol. The molecule has 0 spiro atoms. The van der Waals surface area contributed by atoms with E-state index in [0.29, 0.717) is 6.42 Å². The summed E-state index contributed by atoms with van der Waals surface area (Å²) in [4.78, 5) is 10.9. The lowest BCUT2D eigenvalue weighted by atomic mass is 9.97. The largest absolute Gasteiger partial charge is 0.478 e. The Labute approximate surface area is 122 Å². The fourth-order valence-corrected chi connectivity index (χ4v) is 2.25. The van der Waals surface area contributed by atoms with Gasteiger partial charge in [-0.05, 0) is 24.6 Å². The molecule has 0 heterocycles. The highest BCUT2D eigenvalue weighted by molar-refractivity contribution is 7.89. The number of anilines is 1. The number of benzene rings is 1. The van der Waals surface area contributed by atoms with Crippen molar-refractivity contribution in [3.63, 3.8) is 0 Å². The smallest absolute Gasteiger partial charge is 0.337 e. The fourth-order valence-electron chi connectivity index (χ4n) is 1.71. The minimum atomic E-state index is -4.03. The molecule has 1 rings (SSSR count). The standard InChI is InChI=1S/C12H18N2O6S/c1-2-12(6-15,7-16)14-10-4-3-8(21(13,19)20)5-9(10)11(17)18/h3-5,14-16H,2,6-7H2,1H3,(H,17,18)(H2,13,19,20). The average molecular weight is 318 g/mol. The zero-order valence-corrected chi connectivity index (χ0v) is 12.2. The summed E-state index contributed by atoms with van der Waals surface area (Å²) in [5.41, 5.74) is -1.34. The molecule has 6 N–H and O–H groups in total. The molecule has 0 aliphatic carbocycles. The second kappa shape index (κ2) is 6.39. The van der Waals surface area contributed by atoms with E-state index in [1.807, 2.05) is 0 Å². The van der Waals surface area contributed by atoms with Crippen molar-refractivity contribution in [1.82, 2.24) is 0 Å². The lowest BCUT2D eigenvalue weighted by molar-refractivity contribution is 0.0696. The van der Waals surface area contributed by atoms with Crippen molar-refractivity contribution in [1.29, 1.82) is 0 Å². The Morgan fingerprint density at radius 1 is 1.33 bits per heavy atom. The summed E-state index contributed by atoms with van der Waals surface area (Å²) in [6.45, 7) is 0.866. The van der Waals surface area contributed by atoms with E-state index in [1.165, 1.54) is 6.07 Å². The van der Waals surface area contributed by atoms with Crippen LogP contribution in [0.5, 0.6) is 0 Å². The van der Waals surface area contributed by atoms with Crippen LogP contribution in [0.2, 0.25) is 0 Å². The van der Waals surface area contributed by atoms with Crippen molar-refractivity contribution in [2.45, 2.75) is 23.8 Å². The molecule has 0 bridgehead atoms. The number of aromatic carboxylic acids is 1. The van der Waals surface area contributed by atoms with Crippen LogP contribution in [0.3, 0.4) is 0 Å². The summed E-state index contributed by atoms with van der Waals surface area (Å²) < 4.78 is 22.5. The Bertz CT molecular complexity index is 616. The molecule has 0 aliphatic rings. The number of nitrogens with two attached hydrogens (primary N) is 1. The maximum atomic E-state index is 11.3. The van der Waals surface area contributed by atoms with Gasteiger partial charge in [-0.3, -0.25) is 0 Å². The molecule has 1 aromatic carbocycles. The van der Waals surface area contributed by atoms with E-state index in [4.69, 9.17) is 5.14 Å². The topological polar surface area (TPSA) is 150 Å². The van der Waals surface area contributed by atoms with E-state index in [9.17, 15) is 28.5 Å². The SMILES string of the molecule is CCC(CO)(CO)Nc1ccc(S(N)(=O)=O)cc1C(=O)O. The third-order valence-electron chi connectivity index (χ3n) is 3.23. The molecule has 0 aliphatic heterocycles. The van der Waals surface area contributed by atoms with Crippen LogP contribution in [0.4, 0.5) is 5.69 Å². The van der Waals surface area contributed by atoms with Gasteiger partial charge in [0.25, 0.3) is 0 Å². The van der Waals surface area contributed by atoms with Crippen LogP contribution in [-0.2, 0) is 10.0 Å². The zero-order valence-electron chi connectivity index (χ0n) is 11.4. The van der Waals surface area contributed by atoms with Crippen molar-refractivity contribution in [2.24, 2.45) is 5.14 Å². The third kappa shape index (κ3) is 3.91. The molecule has 9 heteroatoms. The van der Waals surface area contributed by atoms with Gasteiger partial charge in [0.2, 0.25) is 10.0 Å². The molecule has 21 heavy (non-hydrogen) atoms. The van der Waals surface area contributed by atoms with E-state index in [1.54, 1.807) is 6.92 Å². The Hall–Kier alpha value is -1.68. The van der Waals surface area contributed by atoms with Gasteiger partial charge >= 0.3 is 5.97 Å². The van der Waals surface area contributed by atoms with E-state index < -0.39 is 34.7 Å². The number of aliphatic hydroxyl groups is 2. The van der Waals surface area contributed by atoms with E-state index >= 15 is 0 Å². The van der Waals surface area contributed by atoms with Crippen molar-refractivity contribution in [3.05, 3.63) is 23.8 Å². The molecule has 0 amide bonds. The molecule has 8 nitrogen and oxygen atoms in total. The molecular formula is C12H18N2O6S. The van der Waals surface area contributed by atoms with Gasteiger partial charge < -0.3 is 20.6 Å². The monoisotopic (exact) mass is 318 g/mol. The van der Waals surface area contributed by atoms with Crippen LogP contribution < -0.4 is 10.5 Å². The van der Waals surface area contributed by atoms with Gasteiger partial charge in [-0.25, -0.2) is 18.4 Å². The first-order chi connectivity index (χ1) is 9.69. The molecule has 0 aromatic heterocycles. The number of primary sulfonamides is 1. The first kappa shape index (κ1) is 17.4. The molecule has 0 saturated heterocycles. The molecule has 0 unspecified atom stereocenters. The molecule has 1 aromatic rings. The van der Waals surface area contributed by atoms with Gasteiger partial charge in [0, 0.05) is 5.69 Å². The predicted octanol–water partition coefficient (Wildman–Crippen LogP) is -0.422. The van der Waals surface area contributed by atoms with Crippen molar-refractivity contribution in [3.8, 4) is 0 Å². The number of carboxylic acid groups (broad SMARTS) is 1. The van der Waals surface area contributed by atoms with Gasteiger partial charge in [-0.2, -0.15) is 0 Å². The Balaban J connectivity index is 3.34. The second-order valence-corrected chi connectivity index (χ2v) is 6.19. The average Bonchev–Trinajstić information content (AvgIpc) is 2.43. The zero-order chi connectivity index (χ0) is 16.3. The van der Waals surface area contributed by atoms with Crippen LogP contribution in [0.1, 0.15) is 23.7 Å². The Kier molecular flexibility index (Phi) is 5.29. The molecule has 0 saturated carbocycles. The number of nitrogens with one attached hydrogen (secondary N) is 1. The third-order valence-corrected chi connectivity index (χ3v) is 4.14. The van der Waals surface area contributed by atoms with Crippen molar-refractivity contribution < 1.29 is 28.5 Å². The number of carboxylic acids is 1. The summed E-state index contributed by atoms with van der Waals surface area (Å²) in [7, 11) is -4.03. The molecule has 118 valence electrons. The minimum Gasteiger partial charge on any atom is -0.478 e. The van der Waals surface area contributed by atoms with E-state index in [0.717, 1.165) is 12.1 Å². The Morgan fingerprint density at radius 3 is 2.29 bits per heavy atom. The van der Waals surface area contributed by atoms with Gasteiger partial charge in [0.05, 0.1) is 29.2 Å². The maximum absolute atomic E-state index is 11.3. The van der Waals surface area contributed by atoms with Crippen LogP contribution in [0.25, 0.3) is 0 Å². The highest BCUT2D eigenvalue weighted by Gasteiger charge is 2.28. The van der Waals surface area contributed by atoms with E-state index in [2.05, 4.69) is 5.32 Å². The maximum Gasteiger partial charge on any atom is 0.337 e. The second-order valence-electron chi connectivity index (χ2n) is 4.63. The fraction of sp³-hybridized carbons (Fsp3) is 0.417.